The minimum Gasteiger partial charge on any atom is -0.332 e. The van der Waals surface area contributed by atoms with Crippen molar-refractivity contribution in [1.29, 1.82) is 0 Å². The van der Waals surface area contributed by atoms with Gasteiger partial charge in [0.15, 0.2) is 5.82 Å². The first-order valence-corrected chi connectivity index (χ1v) is 8.15. The number of aromatic nitrogens is 4. The van der Waals surface area contributed by atoms with Gasteiger partial charge in [-0.3, -0.25) is 10.00 Å². The van der Waals surface area contributed by atoms with Gasteiger partial charge in [0.2, 0.25) is 0 Å². The Hall–Kier alpha value is -1.93. The lowest BCUT2D eigenvalue weighted by Crippen LogP contribution is -2.44. The van der Waals surface area contributed by atoms with E-state index in [1.54, 1.807) is 0 Å². The van der Waals surface area contributed by atoms with Crippen LogP contribution in [0.1, 0.15) is 11.9 Å². The van der Waals surface area contributed by atoms with E-state index in [-0.39, 0.29) is 18.4 Å². The van der Waals surface area contributed by atoms with Crippen LogP contribution in [-0.4, -0.2) is 51.9 Å². The van der Waals surface area contributed by atoms with Gasteiger partial charge in [-0.05, 0) is 19.2 Å². The quantitative estimate of drug-likeness (QED) is 0.726. The zero-order chi connectivity index (χ0) is 16.5. The minimum absolute atomic E-state index is 0. The van der Waals surface area contributed by atoms with E-state index >= 15 is 0 Å². The Kier molecular flexibility index (Phi) is 5.39. The number of hydrogen-bond acceptors (Lipinski definition) is 6. The zero-order valence-electron chi connectivity index (χ0n) is 13.6. The Labute approximate surface area is 156 Å². The molecule has 0 radical (unpaired) electrons. The van der Waals surface area contributed by atoms with Gasteiger partial charge in [0.05, 0.1) is 16.8 Å². The van der Waals surface area contributed by atoms with Crippen molar-refractivity contribution in [3.05, 3.63) is 41.2 Å². The first kappa shape index (κ1) is 17.9. The molecule has 4 rings (SSSR count). The maximum absolute atomic E-state index is 6.22. The fourth-order valence-corrected chi connectivity index (χ4v) is 3.04. The highest BCUT2D eigenvalue weighted by molar-refractivity contribution is 6.33. The van der Waals surface area contributed by atoms with Crippen LogP contribution in [0.5, 0.6) is 0 Å². The van der Waals surface area contributed by atoms with Crippen LogP contribution in [0.4, 0.5) is 0 Å². The smallest absolute Gasteiger partial charge is 0.276 e. The Bertz CT molecular complexity index is 849. The molecule has 2 N–H and O–H groups in total. The van der Waals surface area contributed by atoms with Crippen LogP contribution < -0.4 is 5.32 Å². The lowest BCUT2D eigenvalue weighted by Gasteiger charge is -2.30. The predicted molar refractivity (Wildman–Crippen MR) is 97.8 cm³/mol. The summed E-state index contributed by atoms with van der Waals surface area (Å²) in [6.07, 6.45) is 0. The summed E-state index contributed by atoms with van der Waals surface area (Å²) in [4.78, 5) is 6.74. The van der Waals surface area contributed by atoms with E-state index in [4.69, 9.17) is 16.1 Å². The first-order valence-electron chi connectivity index (χ1n) is 7.77. The topological polar surface area (TPSA) is 82.9 Å². The van der Waals surface area contributed by atoms with E-state index in [0.717, 1.165) is 30.9 Å². The highest BCUT2D eigenvalue weighted by Gasteiger charge is 2.26. The molecule has 132 valence electrons. The number of aromatic amines is 1. The average Bonchev–Trinajstić information content (AvgIpc) is 3.25. The minimum atomic E-state index is 0. The number of benzene rings is 1. The van der Waals surface area contributed by atoms with E-state index in [1.165, 1.54) is 0 Å². The monoisotopic (exact) mass is 380 g/mol. The van der Waals surface area contributed by atoms with Crippen molar-refractivity contribution in [2.75, 3.05) is 26.7 Å². The van der Waals surface area contributed by atoms with Gasteiger partial charge >= 0.3 is 0 Å². The van der Waals surface area contributed by atoms with Gasteiger partial charge in [-0.2, -0.15) is 10.1 Å². The van der Waals surface area contributed by atoms with Crippen molar-refractivity contribution >= 4 is 24.0 Å². The molecule has 1 aliphatic rings. The summed E-state index contributed by atoms with van der Waals surface area (Å²) >= 11 is 6.22. The van der Waals surface area contributed by atoms with Crippen LogP contribution in [0.2, 0.25) is 5.02 Å². The summed E-state index contributed by atoms with van der Waals surface area (Å²) in [5, 5.41) is 15.4. The van der Waals surface area contributed by atoms with Crippen molar-refractivity contribution in [1.82, 2.24) is 30.6 Å². The van der Waals surface area contributed by atoms with Crippen LogP contribution in [-0.2, 0) is 0 Å². The number of halogens is 2. The van der Waals surface area contributed by atoms with Gasteiger partial charge in [0.1, 0.15) is 5.69 Å². The number of likely N-dealkylation sites (N-methyl/N-ethyl adjacent to an activating group) is 1. The second-order valence-electron chi connectivity index (χ2n) is 5.80. The maximum atomic E-state index is 6.22. The summed E-state index contributed by atoms with van der Waals surface area (Å²) < 4.78 is 5.41. The van der Waals surface area contributed by atoms with Gasteiger partial charge in [-0.25, -0.2) is 0 Å². The number of H-pyrrole nitrogens is 1. The molecule has 3 heterocycles. The molecule has 1 fully saturated rings. The summed E-state index contributed by atoms with van der Waals surface area (Å²) in [5.74, 6) is 1.10. The van der Waals surface area contributed by atoms with Crippen LogP contribution in [0.15, 0.2) is 34.9 Å². The fraction of sp³-hybridized carbons (Fsp3) is 0.312. The molecule has 1 aromatic carbocycles. The zero-order valence-corrected chi connectivity index (χ0v) is 15.1. The highest BCUT2D eigenvalue weighted by Crippen LogP contribution is 2.29. The summed E-state index contributed by atoms with van der Waals surface area (Å²) in [6, 6.07) is 9.54. The van der Waals surface area contributed by atoms with Crippen molar-refractivity contribution in [2.45, 2.75) is 6.04 Å². The third-order valence-electron chi connectivity index (χ3n) is 4.21. The number of piperazine rings is 1. The molecule has 7 nitrogen and oxygen atoms in total. The maximum Gasteiger partial charge on any atom is 0.276 e. The molecule has 1 unspecified atom stereocenters. The molecule has 1 aliphatic heterocycles. The molecule has 2 aromatic heterocycles. The molecule has 9 heteroatoms. The number of nitrogens with one attached hydrogen (secondary N) is 2. The molecular weight excluding hydrogens is 363 g/mol. The van der Waals surface area contributed by atoms with Gasteiger partial charge < -0.3 is 9.84 Å². The summed E-state index contributed by atoms with van der Waals surface area (Å²) in [6.45, 7) is 2.73. The molecule has 0 saturated carbocycles. The molecule has 3 aromatic rings. The van der Waals surface area contributed by atoms with Gasteiger partial charge in [-0.15, -0.1) is 12.4 Å². The standard InChI is InChI=1S/C16H17ClN6O.ClH/c1-23-7-6-18-9-14(23)15-19-16(24-22-15)13-8-12(20-21-13)10-4-2-3-5-11(10)17;/h2-5,8,14,18H,6-7,9H2,1H3,(H,20,21);1H. The Morgan fingerprint density at radius 3 is 2.96 bits per heavy atom. The van der Waals surface area contributed by atoms with Crippen molar-refractivity contribution in [3.63, 3.8) is 0 Å². The Morgan fingerprint density at radius 2 is 2.16 bits per heavy atom. The lowest BCUT2D eigenvalue weighted by molar-refractivity contribution is 0.190. The average molecular weight is 381 g/mol. The second-order valence-corrected chi connectivity index (χ2v) is 6.21. The van der Waals surface area contributed by atoms with Crippen LogP contribution in [0.25, 0.3) is 22.8 Å². The Morgan fingerprint density at radius 1 is 1.32 bits per heavy atom. The third-order valence-corrected chi connectivity index (χ3v) is 4.54. The molecule has 1 saturated heterocycles. The largest absolute Gasteiger partial charge is 0.332 e. The van der Waals surface area contributed by atoms with E-state index in [0.29, 0.717) is 22.4 Å². The lowest BCUT2D eigenvalue weighted by atomic mass is 10.1. The molecule has 0 amide bonds. The molecule has 0 spiro atoms. The van der Waals surface area contributed by atoms with E-state index in [9.17, 15) is 0 Å². The van der Waals surface area contributed by atoms with Crippen molar-refractivity contribution in [2.24, 2.45) is 0 Å². The van der Waals surface area contributed by atoms with Gasteiger partial charge in [0, 0.05) is 25.2 Å². The number of rotatable bonds is 3. The Balaban J connectivity index is 0.00000182. The van der Waals surface area contributed by atoms with Crippen molar-refractivity contribution in [3.8, 4) is 22.8 Å². The van der Waals surface area contributed by atoms with Crippen LogP contribution in [0.3, 0.4) is 0 Å². The van der Waals surface area contributed by atoms with Crippen molar-refractivity contribution < 1.29 is 4.52 Å². The number of hydrogen-bond donors (Lipinski definition) is 2. The molecule has 0 aliphatic carbocycles. The van der Waals surface area contributed by atoms with E-state index in [1.807, 2.05) is 30.3 Å². The van der Waals surface area contributed by atoms with Crippen LogP contribution >= 0.6 is 24.0 Å². The van der Waals surface area contributed by atoms with E-state index in [2.05, 4.69) is 37.6 Å². The number of nitrogens with zero attached hydrogens (tertiary/aromatic N) is 4. The normalized spacial score (nSPS) is 18.1. The first-order chi connectivity index (χ1) is 11.7. The fourth-order valence-electron chi connectivity index (χ4n) is 2.81. The summed E-state index contributed by atoms with van der Waals surface area (Å²) in [5.41, 5.74) is 2.28. The molecule has 25 heavy (non-hydrogen) atoms. The second kappa shape index (κ2) is 7.53. The van der Waals surface area contributed by atoms with E-state index < -0.39 is 0 Å². The van der Waals surface area contributed by atoms with Gasteiger partial charge in [0.25, 0.3) is 5.89 Å². The predicted octanol–water partition coefficient (Wildman–Crippen LogP) is 2.78. The van der Waals surface area contributed by atoms with Crippen LogP contribution in [0, 0.1) is 0 Å². The molecular formula is C16H18Cl2N6O. The molecule has 0 bridgehead atoms. The third kappa shape index (κ3) is 3.55. The summed E-state index contributed by atoms with van der Waals surface area (Å²) in [7, 11) is 2.06. The van der Waals surface area contributed by atoms with Gasteiger partial charge in [-0.1, -0.05) is 35.0 Å². The SMILES string of the molecule is CN1CCNCC1c1noc(-c2cc(-c3ccccc3Cl)n[nH]2)n1.Cl. The molecule has 1 atom stereocenters. The highest BCUT2D eigenvalue weighted by atomic mass is 35.5.